The predicted octanol–water partition coefficient (Wildman–Crippen LogP) is 0.913. The molecule has 17 heavy (non-hydrogen) atoms. The van der Waals surface area contributed by atoms with Gasteiger partial charge >= 0.3 is 0 Å². The van der Waals surface area contributed by atoms with Crippen LogP contribution in [0.3, 0.4) is 0 Å². The number of hydrogen-bond donors (Lipinski definition) is 1. The van der Waals surface area contributed by atoms with Crippen LogP contribution in [0.5, 0.6) is 0 Å². The number of nitrogen functional groups attached to an aromatic ring is 1. The number of anilines is 1. The standard InChI is InChI=1S/C12H17N3O2/c1-8-6-15(7-9(2)17-8)12(16)10-4-3-5-11(13)14-10/h3-5,8-9H,6-7H2,1-2H3,(H2,13,14)/t8-,9+. The first-order valence-corrected chi connectivity index (χ1v) is 5.73. The number of rotatable bonds is 1. The number of carbonyl (C=O) groups is 1. The Kier molecular flexibility index (Phi) is 3.28. The number of amides is 1. The number of nitrogens with two attached hydrogens (primary N) is 1. The fourth-order valence-electron chi connectivity index (χ4n) is 2.08. The van der Waals surface area contributed by atoms with Crippen LogP contribution < -0.4 is 5.73 Å². The molecule has 1 aromatic heterocycles. The summed E-state index contributed by atoms with van der Waals surface area (Å²) in [4.78, 5) is 18.0. The molecule has 1 aromatic rings. The van der Waals surface area contributed by atoms with Crippen molar-refractivity contribution in [3.8, 4) is 0 Å². The van der Waals surface area contributed by atoms with Gasteiger partial charge in [0, 0.05) is 13.1 Å². The molecule has 2 atom stereocenters. The quantitative estimate of drug-likeness (QED) is 0.785. The third-order valence-electron chi connectivity index (χ3n) is 2.70. The molecule has 0 aliphatic carbocycles. The van der Waals surface area contributed by atoms with E-state index < -0.39 is 0 Å². The van der Waals surface area contributed by atoms with E-state index in [-0.39, 0.29) is 18.1 Å². The molecule has 0 unspecified atom stereocenters. The Balaban J connectivity index is 2.14. The van der Waals surface area contributed by atoms with Crippen molar-refractivity contribution in [2.75, 3.05) is 18.8 Å². The first kappa shape index (κ1) is 11.9. The van der Waals surface area contributed by atoms with E-state index in [2.05, 4.69) is 4.98 Å². The van der Waals surface area contributed by atoms with Crippen LogP contribution in [0.1, 0.15) is 24.3 Å². The molecule has 1 aliphatic heterocycles. The molecule has 0 saturated carbocycles. The highest BCUT2D eigenvalue weighted by molar-refractivity contribution is 5.92. The van der Waals surface area contributed by atoms with Gasteiger partial charge in [0.1, 0.15) is 11.5 Å². The van der Waals surface area contributed by atoms with Gasteiger partial charge in [0.25, 0.3) is 5.91 Å². The average molecular weight is 235 g/mol. The van der Waals surface area contributed by atoms with Gasteiger partial charge in [-0.3, -0.25) is 4.79 Å². The third kappa shape index (κ3) is 2.74. The first-order valence-electron chi connectivity index (χ1n) is 5.73. The summed E-state index contributed by atoms with van der Waals surface area (Å²) in [6.07, 6.45) is 0.118. The second kappa shape index (κ2) is 4.71. The minimum atomic E-state index is -0.0840. The molecule has 1 amide bonds. The SMILES string of the molecule is C[C@@H]1CN(C(=O)c2cccc(N)n2)C[C@H](C)O1. The first-order chi connectivity index (χ1) is 8.06. The summed E-state index contributed by atoms with van der Waals surface area (Å²) in [7, 11) is 0. The van der Waals surface area contributed by atoms with Gasteiger partial charge in [-0.2, -0.15) is 0 Å². The summed E-state index contributed by atoms with van der Waals surface area (Å²) in [6.45, 7) is 5.12. The lowest BCUT2D eigenvalue weighted by Crippen LogP contribution is -2.48. The highest BCUT2D eigenvalue weighted by Crippen LogP contribution is 2.13. The Morgan fingerprint density at radius 2 is 2.06 bits per heavy atom. The Labute approximate surface area is 101 Å². The highest BCUT2D eigenvalue weighted by Gasteiger charge is 2.27. The van der Waals surface area contributed by atoms with Crippen molar-refractivity contribution in [2.24, 2.45) is 0 Å². The molecule has 0 radical (unpaired) electrons. The maximum atomic E-state index is 12.2. The lowest BCUT2D eigenvalue weighted by Gasteiger charge is -2.35. The number of hydrogen-bond acceptors (Lipinski definition) is 4. The van der Waals surface area contributed by atoms with Crippen molar-refractivity contribution in [2.45, 2.75) is 26.1 Å². The zero-order valence-electron chi connectivity index (χ0n) is 10.1. The van der Waals surface area contributed by atoms with Crippen molar-refractivity contribution in [3.63, 3.8) is 0 Å². The van der Waals surface area contributed by atoms with E-state index in [0.717, 1.165) is 0 Å². The number of nitrogens with zero attached hydrogens (tertiary/aromatic N) is 2. The molecule has 1 fully saturated rings. The monoisotopic (exact) mass is 235 g/mol. The Bertz CT molecular complexity index is 412. The second-order valence-corrected chi connectivity index (χ2v) is 4.42. The fraction of sp³-hybridized carbons (Fsp3) is 0.500. The Hall–Kier alpha value is -1.62. The molecule has 2 rings (SSSR count). The van der Waals surface area contributed by atoms with Crippen molar-refractivity contribution in [1.82, 2.24) is 9.88 Å². The molecule has 1 aliphatic rings. The second-order valence-electron chi connectivity index (χ2n) is 4.42. The molecular weight excluding hydrogens is 218 g/mol. The molecule has 1 saturated heterocycles. The lowest BCUT2D eigenvalue weighted by atomic mass is 10.2. The van der Waals surface area contributed by atoms with E-state index in [1.54, 1.807) is 23.1 Å². The topological polar surface area (TPSA) is 68.5 Å². The molecule has 2 heterocycles. The molecule has 0 spiro atoms. The van der Waals surface area contributed by atoms with Crippen LogP contribution in [0, 0.1) is 0 Å². The van der Waals surface area contributed by atoms with Crippen LogP contribution in [0.2, 0.25) is 0 Å². The van der Waals surface area contributed by atoms with Crippen molar-refractivity contribution in [3.05, 3.63) is 23.9 Å². The van der Waals surface area contributed by atoms with E-state index in [4.69, 9.17) is 10.5 Å². The maximum Gasteiger partial charge on any atom is 0.272 e. The van der Waals surface area contributed by atoms with Gasteiger partial charge in [0.15, 0.2) is 0 Å². The summed E-state index contributed by atoms with van der Waals surface area (Å²) in [5.74, 6) is 0.282. The molecular formula is C12H17N3O2. The van der Waals surface area contributed by atoms with Crippen molar-refractivity contribution < 1.29 is 9.53 Å². The predicted molar refractivity (Wildman–Crippen MR) is 64.6 cm³/mol. The smallest absolute Gasteiger partial charge is 0.272 e. The lowest BCUT2D eigenvalue weighted by molar-refractivity contribution is -0.0587. The van der Waals surface area contributed by atoms with E-state index in [0.29, 0.717) is 24.6 Å². The number of ether oxygens (including phenoxy) is 1. The van der Waals surface area contributed by atoms with Crippen LogP contribution >= 0.6 is 0 Å². The van der Waals surface area contributed by atoms with E-state index >= 15 is 0 Å². The van der Waals surface area contributed by atoms with Gasteiger partial charge in [0.05, 0.1) is 12.2 Å². The zero-order chi connectivity index (χ0) is 12.4. The molecule has 5 heteroatoms. The molecule has 0 bridgehead atoms. The summed E-state index contributed by atoms with van der Waals surface area (Å²) >= 11 is 0. The molecule has 5 nitrogen and oxygen atoms in total. The van der Waals surface area contributed by atoms with Gasteiger partial charge in [0.2, 0.25) is 0 Å². The molecule has 2 N–H and O–H groups in total. The van der Waals surface area contributed by atoms with Gasteiger partial charge in [-0.15, -0.1) is 0 Å². The molecule has 92 valence electrons. The highest BCUT2D eigenvalue weighted by atomic mass is 16.5. The summed E-state index contributed by atoms with van der Waals surface area (Å²) in [6, 6.07) is 5.09. The summed E-state index contributed by atoms with van der Waals surface area (Å²) in [5, 5.41) is 0. The Morgan fingerprint density at radius 1 is 1.41 bits per heavy atom. The van der Waals surface area contributed by atoms with Crippen LogP contribution in [0.25, 0.3) is 0 Å². The number of aromatic nitrogens is 1. The normalized spacial score (nSPS) is 24.7. The third-order valence-corrected chi connectivity index (χ3v) is 2.70. The van der Waals surface area contributed by atoms with E-state index in [1.165, 1.54) is 0 Å². The van der Waals surface area contributed by atoms with Crippen LogP contribution in [-0.4, -0.2) is 41.1 Å². The summed E-state index contributed by atoms with van der Waals surface area (Å²) in [5.41, 5.74) is 5.97. The zero-order valence-corrected chi connectivity index (χ0v) is 10.1. The van der Waals surface area contributed by atoms with Crippen LogP contribution in [0.4, 0.5) is 5.82 Å². The summed E-state index contributed by atoms with van der Waals surface area (Å²) < 4.78 is 5.59. The van der Waals surface area contributed by atoms with Crippen LogP contribution in [0.15, 0.2) is 18.2 Å². The van der Waals surface area contributed by atoms with E-state index in [9.17, 15) is 4.79 Å². The van der Waals surface area contributed by atoms with Crippen molar-refractivity contribution in [1.29, 1.82) is 0 Å². The van der Waals surface area contributed by atoms with Gasteiger partial charge in [-0.1, -0.05) is 6.07 Å². The fourth-order valence-corrected chi connectivity index (χ4v) is 2.08. The molecule has 0 aromatic carbocycles. The van der Waals surface area contributed by atoms with E-state index in [1.807, 2.05) is 13.8 Å². The van der Waals surface area contributed by atoms with Crippen molar-refractivity contribution >= 4 is 11.7 Å². The van der Waals surface area contributed by atoms with Gasteiger partial charge < -0.3 is 15.4 Å². The largest absolute Gasteiger partial charge is 0.384 e. The number of morpholine rings is 1. The number of pyridine rings is 1. The average Bonchev–Trinajstić information content (AvgIpc) is 2.26. The number of carbonyl (C=O) groups excluding carboxylic acids is 1. The Morgan fingerprint density at radius 3 is 2.65 bits per heavy atom. The van der Waals surface area contributed by atoms with Crippen LogP contribution in [-0.2, 0) is 4.74 Å². The minimum absolute atomic E-state index is 0.0590. The maximum absolute atomic E-state index is 12.2. The minimum Gasteiger partial charge on any atom is -0.384 e. The van der Waals surface area contributed by atoms with Gasteiger partial charge in [-0.05, 0) is 26.0 Å². The van der Waals surface area contributed by atoms with Gasteiger partial charge in [-0.25, -0.2) is 4.98 Å².